The van der Waals surface area contributed by atoms with Crippen LogP contribution in [0.5, 0.6) is 0 Å². The van der Waals surface area contributed by atoms with Crippen LogP contribution in [0.15, 0.2) is 42.6 Å². The van der Waals surface area contributed by atoms with Crippen molar-refractivity contribution in [3.8, 4) is 5.69 Å². The van der Waals surface area contributed by atoms with Gasteiger partial charge >= 0.3 is 0 Å². The number of para-hydroxylation sites is 1. The smallest absolute Gasteiger partial charge is 0.190 e. The number of imidazole rings is 1. The highest BCUT2D eigenvalue weighted by Crippen LogP contribution is 2.30. The molecule has 0 radical (unpaired) electrons. The van der Waals surface area contributed by atoms with Gasteiger partial charge in [-0.05, 0) is 56.2 Å². The van der Waals surface area contributed by atoms with Gasteiger partial charge in [-0.3, -0.25) is 8.97 Å². The summed E-state index contributed by atoms with van der Waals surface area (Å²) in [5.74, 6) is 0. The Bertz CT molecular complexity index is 1060. The summed E-state index contributed by atoms with van der Waals surface area (Å²) in [6, 6.07) is 12.9. The van der Waals surface area contributed by atoms with Crippen LogP contribution < -0.4 is 0 Å². The number of aryl methyl sites for hydroxylation is 3. The molecule has 0 N–H and O–H groups in total. The van der Waals surface area contributed by atoms with Crippen molar-refractivity contribution in [1.29, 1.82) is 0 Å². The molecule has 2 nitrogen and oxygen atoms in total. The molecule has 22 heavy (non-hydrogen) atoms. The van der Waals surface area contributed by atoms with Crippen molar-refractivity contribution in [2.45, 2.75) is 20.8 Å². The average molecular weight is 324 g/mol. The van der Waals surface area contributed by atoms with Gasteiger partial charge in [0.05, 0.1) is 15.9 Å². The third-order valence-corrected chi connectivity index (χ3v) is 5.50. The number of hydrogen-bond donors (Lipinski definition) is 0. The second-order valence-corrected chi connectivity index (χ2v) is 7.20. The minimum absolute atomic E-state index is 0.836. The molecule has 0 bridgehead atoms. The summed E-state index contributed by atoms with van der Waals surface area (Å²) < 4.78 is 6.43. The summed E-state index contributed by atoms with van der Waals surface area (Å²) in [6.45, 7) is 6.44. The van der Waals surface area contributed by atoms with Gasteiger partial charge in [0.15, 0.2) is 4.77 Å². The van der Waals surface area contributed by atoms with Gasteiger partial charge < -0.3 is 0 Å². The molecule has 0 aliphatic carbocycles. The molecule has 0 aliphatic heterocycles. The van der Waals surface area contributed by atoms with Gasteiger partial charge in [-0.1, -0.05) is 29.8 Å². The van der Waals surface area contributed by atoms with E-state index < -0.39 is 0 Å². The SMILES string of the molecule is Cc1cc(C)c(-n2cc3sc4ccccc4n3c2=S)c(C)c1. The maximum Gasteiger partial charge on any atom is 0.190 e. The highest BCUT2D eigenvalue weighted by atomic mass is 32.1. The zero-order valence-corrected chi connectivity index (χ0v) is 14.4. The number of rotatable bonds is 1. The molecule has 4 heteroatoms. The third kappa shape index (κ3) is 1.87. The lowest BCUT2D eigenvalue weighted by Gasteiger charge is -2.12. The van der Waals surface area contributed by atoms with Crippen LogP contribution in [-0.2, 0) is 0 Å². The molecule has 2 heterocycles. The van der Waals surface area contributed by atoms with Gasteiger partial charge in [-0.25, -0.2) is 0 Å². The van der Waals surface area contributed by atoms with E-state index in [9.17, 15) is 0 Å². The van der Waals surface area contributed by atoms with Crippen molar-refractivity contribution in [2.75, 3.05) is 0 Å². The maximum absolute atomic E-state index is 5.77. The molecule has 0 fully saturated rings. The van der Waals surface area contributed by atoms with Crippen LogP contribution in [0.4, 0.5) is 0 Å². The van der Waals surface area contributed by atoms with Crippen LogP contribution in [0.3, 0.4) is 0 Å². The molecule has 4 rings (SSSR count). The zero-order valence-electron chi connectivity index (χ0n) is 12.8. The van der Waals surface area contributed by atoms with E-state index >= 15 is 0 Å². The summed E-state index contributed by atoms with van der Waals surface area (Å²) in [7, 11) is 0. The highest BCUT2D eigenvalue weighted by Gasteiger charge is 2.13. The van der Waals surface area contributed by atoms with Crippen LogP contribution in [0, 0.1) is 25.5 Å². The second-order valence-electron chi connectivity index (χ2n) is 5.77. The van der Waals surface area contributed by atoms with Gasteiger partial charge in [-0.15, -0.1) is 11.3 Å². The fourth-order valence-electron chi connectivity index (χ4n) is 3.27. The Morgan fingerprint density at radius 3 is 2.41 bits per heavy atom. The van der Waals surface area contributed by atoms with Crippen LogP contribution in [0.2, 0.25) is 0 Å². The van der Waals surface area contributed by atoms with E-state index in [0.717, 1.165) is 4.77 Å². The van der Waals surface area contributed by atoms with E-state index in [1.165, 1.54) is 37.4 Å². The normalized spacial score (nSPS) is 11.6. The zero-order chi connectivity index (χ0) is 15.4. The molecule has 2 aromatic heterocycles. The number of aromatic nitrogens is 2. The third-order valence-electron chi connectivity index (χ3n) is 4.05. The molecule has 0 aliphatic rings. The largest absolute Gasteiger partial charge is 0.290 e. The molecule has 0 atom stereocenters. The number of thiazole rings is 1. The molecule has 110 valence electrons. The summed E-state index contributed by atoms with van der Waals surface area (Å²) >= 11 is 7.56. The average Bonchev–Trinajstić information content (AvgIpc) is 2.96. The van der Waals surface area contributed by atoms with Crippen molar-refractivity contribution in [3.05, 3.63) is 64.1 Å². The van der Waals surface area contributed by atoms with Gasteiger partial charge in [0.1, 0.15) is 4.83 Å². The van der Waals surface area contributed by atoms with Crippen molar-refractivity contribution in [3.63, 3.8) is 0 Å². The van der Waals surface area contributed by atoms with Gasteiger partial charge in [0, 0.05) is 6.20 Å². The monoisotopic (exact) mass is 324 g/mol. The van der Waals surface area contributed by atoms with Crippen LogP contribution in [0.1, 0.15) is 16.7 Å². The first-order chi connectivity index (χ1) is 10.6. The van der Waals surface area contributed by atoms with Crippen LogP contribution in [0.25, 0.3) is 20.7 Å². The molecule has 2 aromatic carbocycles. The molecular formula is C18H16N2S2. The summed E-state index contributed by atoms with van der Waals surface area (Å²) in [4.78, 5) is 1.19. The maximum atomic E-state index is 5.77. The van der Waals surface area contributed by atoms with Crippen LogP contribution in [-0.4, -0.2) is 8.97 Å². The Kier molecular flexibility index (Phi) is 2.99. The quantitative estimate of drug-likeness (QED) is 0.414. The first kappa shape index (κ1) is 13.7. The Hall–Kier alpha value is -1.91. The highest BCUT2D eigenvalue weighted by molar-refractivity contribution is 7.71. The predicted octanol–water partition coefficient (Wildman–Crippen LogP) is 5.60. The first-order valence-electron chi connectivity index (χ1n) is 7.26. The van der Waals surface area contributed by atoms with Crippen molar-refractivity contribution in [1.82, 2.24) is 8.97 Å². The molecular weight excluding hydrogens is 308 g/mol. The second kappa shape index (κ2) is 4.80. The van der Waals surface area contributed by atoms with Crippen molar-refractivity contribution >= 4 is 38.6 Å². The topological polar surface area (TPSA) is 9.34 Å². The van der Waals surface area contributed by atoms with E-state index in [-0.39, 0.29) is 0 Å². The fraction of sp³-hybridized carbons (Fsp3) is 0.167. The molecule has 0 spiro atoms. The number of fused-ring (bicyclic) bond motifs is 3. The summed E-state index contributed by atoms with van der Waals surface area (Å²) in [6.07, 6.45) is 2.16. The number of benzene rings is 2. The fourth-order valence-corrected chi connectivity index (χ4v) is 4.74. The van der Waals surface area contributed by atoms with Gasteiger partial charge in [0.25, 0.3) is 0 Å². The summed E-state index contributed by atoms with van der Waals surface area (Å²) in [5, 5.41) is 0. The Labute approximate surface area is 138 Å². The first-order valence-corrected chi connectivity index (χ1v) is 8.48. The number of nitrogens with zero attached hydrogens (tertiary/aromatic N) is 2. The van der Waals surface area contributed by atoms with E-state index in [1.807, 2.05) is 0 Å². The lowest BCUT2D eigenvalue weighted by Crippen LogP contribution is -2.00. The Balaban J connectivity index is 2.09. The van der Waals surface area contributed by atoms with Crippen molar-refractivity contribution in [2.24, 2.45) is 0 Å². The molecule has 0 unspecified atom stereocenters. The van der Waals surface area contributed by atoms with Crippen LogP contribution >= 0.6 is 23.6 Å². The predicted molar refractivity (Wildman–Crippen MR) is 97.2 cm³/mol. The summed E-state index contributed by atoms with van der Waals surface area (Å²) in [5.41, 5.74) is 6.20. The van der Waals surface area contributed by atoms with E-state index in [4.69, 9.17) is 12.2 Å². The molecule has 0 amide bonds. The Morgan fingerprint density at radius 1 is 1.00 bits per heavy atom. The van der Waals surface area contributed by atoms with Gasteiger partial charge in [-0.2, -0.15) is 0 Å². The molecule has 0 saturated heterocycles. The van der Waals surface area contributed by atoms with Crippen molar-refractivity contribution < 1.29 is 0 Å². The minimum atomic E-state index is 0.836. The standard InChI is InChI=1S/C18H16N2S2/c1-11-8-12(2)17(13(3)9-11)19-10-16-20(18(19)21)14-6-4-5-7-15(14)22-16/h4-10H,1-3H3. The molecule has 0 saturated carbocycles. The van der Waals surface area contributed by atoms with E-state index in [0.29, 0.717) is 0 Å². The van der Waals surface area contributed by atoms with E-state index in [1.54, 1.807) is 11.3 Å². The minimum Gasteiger partial charge on any atom is -0.290 e. The van der Waals surface area contributed by atoms with Gasteiger partial charge in [0.2, 0.25) is 0 Å². The lowest BCUT2D eigenvalue weighted by atomic mass is 10.1. The van der Waals surface area contributed by atoms with E-state index in [2.05, 4.69) is 72.3 Å². The molecule has 4 aromatic rings. The number of hydrogen-bond acceptors (Lipinski definition) is 2. The Morgan fingerprint density at radius 2 is 1.68 bits per heavy atom. The lowest BCUT2D eigenvalue weighted by molar-refractivity contribution is 0.980.